The minimum Gasteiger partial charge on any atom is -0.493 e. The van der Waals surface area contributed by atoms with Gasteiger partial charge in [-0.2, -0.15) is 0 Å². The Kier molecular flexibility index (Phi) is 7.60. The highest BCUT2D eigenvalue weighted by atomic mass is 16.5. The molecule has 8 nitrogen and oxygen atoms in total. The standard InChI is InChI=1S/C32H32N2O6/c1-19-8-10-20(11-9-19)32-31-24(16-22(17-26(31)35)21-12-13-27(39-2)28(18-21)40-3)33-23-6-4-5-7-25(23)34(32)29(36)14-15-30(37)38/h4-13,18,22,32-33H,14-17H2,1-3H3,(H,37,38)/t22-,32+/m1/s1. The van der Waals surface area contributed by atoms with Crippen molar-refractivity contribution >= 4 is 29.0 Å². The molecule has 1 aliphatic heterocycles. The third-order valence-corrected chi connectivity index (χ3v) is 7.58. The van der Waals surface area contributed by atoms with Crippen LogP contribution in [0, 0.1) is 6.92 Å². The number of aryl methyl sites for hydroxylation is 1. The molecule has 1 amide bonds. The molecule has 0 aromatic heterocycles. The lowest BCUT2D eigenvalue weighted by molar-refractivity contribution is -0.138. The Labute approximate surface area is 233 Å². The number of carbonyl (C=O) groups excluding carboxylic acids is 2. The van der Waals surface area contributed by atoms with Gasteiger partial charge in [-0.1, -0.05) is 48.0 Å². The molecule has 0 unspecified atom stereocenters. The van der Waals surface area contributed by atoms with Crippen LogP contribution in [-0.4, -0.2) is 37.0 Å². The van der Waals surface area contributed by atoms with Crippen molar-refractivity contribution in [2.24, 2.45) is 0 Å². The first-order valence-corrected chi connectivity index (χ1v) is 13.2. The van der Waals surface area contributed by atoms with E-state index >= 15 is 0 Å². The molecule has 0 fully saturated rings. The Morgan fingerprint density at radius 2 is 1.62 bits per heavy atom. The summed E-state index contributed by atoms with van der Waals surface area (Å²) in [6.45, 7) is 1.98. The molecule has 40 heavy (non-hydrogen) atoms. The Morgan fingerprint density at radius 1 is 0.925 bits per heavy atom. The van der Waals surface area contributed by atoms with Gasteiger partial charge in [-0.25, -0.2) is 0 Å². The van der Waals surface area contributed by atoms with Crippen molar-refractivity contribution in [1.29, 1.82) is 0 Å². The van der Waals surface area contributed by atoms with Crippen LogP contribution >= 0.6 is 0 Å². The summed E-state index contributed by atoms with van der Waals surface area (Å²) in [4.78, 5) is 40.8. The molecule has 0 spiro atoms. The first kappa shape index (κ1) is 27.0. The number of carbonyl (C=O) groups is 3. The van der Waals surface area contributed by atoms with Crippen LogP contribution < -0.4 is 19.7 Å². The molecule has 5 rings (SSSR count). The number of rotatable bonds is 7. The molecule has 1 aliphatic carbocycles. The number of nitrogens with zero attached hydrogens (tertiary/aromatic N) is 1. The number of hydrogen-bond acceptors (Lipinski definition) is 6. The summed E-state index contributed by atoms with van der Waals surface area (Å²) >= 11 is 0. The van der Waals surface area contributed by atoms with Crippen molar-refractivity contribution in [2.75, 3.05) is 24.4 Å². The summed E-state index contributed by atoms with van der Waals surface area (Å²) in [5.74, 6) is -0.371. The van der Waals surface area contributed by atoms with Gasteiger partial charge in [0.2, 0.25) is 5.91 Å². The van der Waals surface area contributed by atoms with Crippen molar-refractivity contribution in [3.05, 3.63) is 94.7 Å². The zero-order valence-corrected chi connectivity index (χ0v) is 22.8. The molecule has 0 radical (unpaired) electrons. The van der Waals surface area contributed by atoms with E-state index in [1.54, 1.807) is 19.1 Å². The number of carboxylic acid groups (broad SMARTS) is 1. The van der Waals surface area contributed by atoms with E-state index in [9.17, 15) is 19.5 Å². The first-order valence-electron chi connectivity index (χ1n) is 13.2. The first-order chi connectivity index (χ1) is 19.3. The van der Waals surface area contributed by atoms with Crippen LogP contribution in [0.15, 0.2) is 78.0 Å². The highest BCUT2D eigenvalue weighted by Crippen LogP contribution is 2.48. The third-order valence-electron chi connectivity index (χ3n) is 7.58. The molecule has 2 atom stereocenters. The summed E-state index contributed by atoms with van der Waals surface area (Å²) in [6, 6.07) is 20.2. The zero-order chi connectivity index (χ0) is 28.4. The van der Waals surface area contributed by atoms with Gasteiger partial charge in [0, 0.05) is 24.1 Å². The number of aliphatic carboxylic acids is 1. The Morgan fingerprint density at radius 3 is 2.33 bits per heavy atom. The lowest BCUT2D eigenvalue weighted by atomic mass is 9.78. The number of Topliss-reactive ketones (excluding diaryl/α,β-unsaturated/α-hetero) is 1. The number of para-hydroxylation sites is 2. The average Bonchev–Trinajstić information content (AvgIpc) is 3.10. The quantitative estimate of drug-likeness (QED) is 0.392. The second kappa shape index (κ2) is 11.3. The second-order valence-corrected chi connectivity index (χ2v) is 10.1. The maximum Gasteiger partial charge on any atom is 0.303 e. The minimum absolute atomic E-state index is 0.0667. The van der Waals surface area contributed by atoms with Gasteiger partial charge < -0.3 is 19.9 Å². The number of methoxy groups -OCH3 is 2. The lowest BCUT2D eigenvalue weighted by Crippen LogP contribution is -2.38. The fourth-order valence-corrected chi connectivity index (χ4v) is 5.61. The number of hydrogen-bond donors (Lipinski definition) is 2. The van der Waals surface area contributed by atoms with Gasteiger partial charge >= 0.3 is 5.97 Å². The third kappa shape index (κ3) is 5.17. The Hall–Kier alpha value is -4.59. The molecule has 3 aromatic rings. The molecule has 3 aromatic carbocycles. The molecule has 8 heteroatoms. The van der Waals surface area contributed by atoms with E-state index in [4.69, 9.17) is 9.47 Å². The van der Waals surface area contributed by atoms with Crippen molar-refractivity contribution in [2.45, 2.75) is 44.6 Å². The normalized spacial score (nSPS) is 18.3. The predicted molar refractivity (Wildman–Crippen MR) is 152 cm³/mol. The molecule has 0 saturated carbocycles. The van der Waals surface area contributed by atoms with Crippen molar-refractivity contribution in [3.8, 4) is 11.5 Å². The SMILES string of the molecule is COc1ccc([C@H]2CC(=O)C3=C(C2)Nc2ccccc2N(C(=O)CCC(=O)O)[C@H]3c2ccc(C)cc2)cc1OC. The van der Waals surface area contributed by atoms with Crippen LogP contribution in [0.1, 0.15) is 54.3 Å². The van der Waals surface area contributed by atoms with Gasteiger partial charge in [-0.05, 0) is 54.7 Å². The number of benzene rings is 3. The van der Waals surface area contributed by atoms with Crippen molar-refractivity contribution in [1.82, 2.24) is 0 Å². The van der Waals surface area contributed by atoms with Gasteiger partial charge in [-0.15, -0.1) is 0 Å². The van der Waals surface area contributed by atoms with Gasteiger partial charge in [-0.3, -0.25) is 19.3 Å². The van der Waals surface area contributed by atoms with Crippen molar-refractivity contribution in [3.63, 3.8) is 0 Å². The van der Waals surface area contributed by atoms with E-state index in [-0.39, 0.29) is 36.9 Å². The van der Waals surface area contributed by atoms with Crippen LogP contribution in [0.3, 0.4) is 0 Å². The van der Waals surface area contributed by atoms with E-state index in [0.29, 0.717) is 34.9 Å². The molecular weight excluding hydrogens is 508 g/mol. The summed E-state index contributed by atoms with van der Waals surface area (Å²) in [7, 11) is 3.17. The summed E-state index contributed by atoms with van der Waals surface area (Å²) < 4.78 is 10.9. The number of amides is 1. The topological polar surface area (TPSA) is 105 Å². The molecule has 2 aliphatic rings. The largest absolute Gasteiger partial charge is 0.493 e. The number of ketones is 1. The van der Waals surface area contributed by atoms with E-state index in [2.05, 4.69) is 5.32 Å². The monoisotopic (exact) mass is 540 g/mol. The fourth-order valence-electron chi connectivity index (χ4n) is 5.61. The van der Waals surface area contributed by atoms with Gasteiger partial charge in [0.1, 0.15) is 0 Å². The molecular formula is C32H32N2O6. The van der Waals surface area contributed by atoms with Crippen LogP contribution in [0.5, 0.6) is 11.5 Å². The number of ether oxygens (including phenoxy) is 2. The average molecular weight is 541 g/mol. The van der Waals surface area contributed by atoms with Crippen LogP contribution in [-0.2, 0) is 14.4 Å². The Balaban J connectivity index is 1.65. The Bertz CT molecular complexity index is 1490. The predicted octanol–water partition coefficient (Wildman–Crippen LogP) is 5.78. The lowest BCUT2D eigenvalue weighted by Gasteiger charge is -2.35. The minimum atomic E-state index is -1.05. The molecule has 2 N–H and O–H groups in total. The van der Waals surface area contributed by atoms with E-state index in [0.717, 1.165) is 22.4 Å². The van der Waals surface area contributed by atoms with Gasteiger partial charge in [0.05, 0.1) is 38.1 Å². The highest BCUT2D eigenvalue weighted by Gasteiger charge is 2.41. The summed E-state index contributed by atoms with van der Waals surface area (Å²) in [5.41, 5.74) is 5.37. The van der Waals surface area contributed by atoms with Crippen molar-refractivity contribution < 1.29 is 29.0 Å². The smallest absolute Gasteiger partial charge is 0.303 e. The highest BCUT2D eigenvalue weighted by molar-refractivity contribution is 6.06. The van der Waals surface area contributed by atoms with Gasteiger partial charge in [0.25, 0.3) is 0 Å². The maximum atomic E-state index is 14.1. The molecule has 0 saturated heterocycles. The molecule has 0 bridgehead atoms. The number of nitrogens with one attached hydrogen (secondary N) is 1. The fraction of sp³-hybridized carbons (Fsp3) is 0.281. The van der Waals surface area contributed by atoms with Crippen LogP contribution in [0.4, 0.5) is 11.4 Å². The van der Waals surface area contributed by atoms with Gasteiger partial charge in [0.15, 0.2) is 17.3 Å². The van der Waals surface area contributed by atoms with Crippen LogP contribution in [0.25, 0.3) is 0 Å². The van der Waals surface area contributed by atoms with E-state index < -0.39 is 12.0 Å². The maximum absolute atomic E-state index is 14.1. The second-order valence-electron chi connectivity index (χ2n) is 10.1. The number of fused-ring (bicyclic) bond motifs is 1. The van der Waals surface area contributed by atoms with E-state index in [1.807, 2.05) is 73.7 Å². The van der Waals surface area contributed by atoms with E-state index in [1.165, 1.54) is 0 Å². The zero-order valence-electron chi connectivity index (χ0n) is 22.8. The number of carboxylic acids is 1. The number of anilines is 2. The summed E-state index contributed by atoms with van der Waals surface area (Å²) in [5, 5.41) is 12.8. The molecule has 206 valence electrons. The molecule has 1 heterocycles. The van der Waals surface area contributed by atoms with Crippen LogP contribution in [0.2, 0.25) is 0 Å². The summed E-state index contributed by atoms with van der Waals surface area (Å²) in [6.07, 6.45) is 0.320. The number of allylic oxidation sites excluding steroid dienone is 1.